The number of aliphatic hydroxyl groups is 1. The van der Waals surface area contributed by atoms with Gasteiger partial charge in [0.2, 0.25) is 0 Å². The van der Waals surface area contributed by atoms with Gasteiger partial charge in [-0.15, -0.1) is 0 Å². The van der Waals surface area contributed by atoms with E-state index in [9.17, 15) is 5.11 Å². The summed E-state index contributed by atoms with van der Waals surface area (Å²) in [5.41, 5.74) is 5.10. The maximum absolute atomic E-state index is 9.24. The molecule has 4 heteroatoms. The topological polar surface area (TPSA) is 55.5 Å². The summed E-state index contributed by atoms with van der Waals surface area (Å²) in [4.78, 5) is 0. The average Bonchev–Trinajstić information content (AvgIpc) is 3.09. The highest BCUT2D eigenvalue weighted by molar-refractivity contribution is 5.69. The lowest BCUT2D eigenvalue weighted by Gasteiger charge is -2.16. The largest absolute Gasteiger partial charge is 0.488 e. The van der Waals surface area contributed by atoms with Gasteiger partial charge in [-0.3, -0.25) is 0 Å². The van der Waals surface area contributed by atoms with Gasteiger partial charge >= 0.3 is 0 Å². The molecular weight excluding hydrogens is 314 g/mol. The van der Waals surface area contributed by atoms with E-state index in [4.69, 9.17) is 9.26 Å². The number of hydrogen-bond acceptors (Lipinski definition) is 4. The minimum Gasteiger partial charge on any atom is -0.488 e. The second kappa shape index (κ2) is 7.53. The molecule has 0 spiro atoms. The molecule has 130 valence electrons. The third-order valence-electron chi connectivity index (χ3n) is 4.22. The van der Waals surface area contributed by atoms with E-state index in [1.165, 1.54) is 11.1 Å². The summed E-state index contributed by atoms with van der Waals surface area (Å²) in [5, 5.41) is 13.3. The quantitative estimate of drug-likeness (QED) is 0.699. The number of ether oxygens (including phenoxy) is 1. The zero-order valence-electron chi connectivity index (χ0n) is 14.8. The molecule has 3 rings (SSSR count). The number of hydrogen-bond donors (Lipinski definition) is 1. The molecular formula is C21H23NO3. The standard InChI is InChI=1S/C21H23NO3/c1-14(2)18-11-19(20-10-17(12-23)25-22-20)21(9-15(18)3)24-13-16-7-5-4-6-8-16/h4-11,14,23H,12-13H2,1-3H3. The van der Waals surface area contributed by atoms with E-state index >= 15 is 0 Å². The Kier molecular flexibility index (Phi) is 5.19. The van der Waals surface area contributed by atoms with Gasteiger partial charge in [-0.2, -0.15) is 0 Å². The second-order valence-corrected chi connectivity index (χ2v) is 6.47. The van der Waals surface area contributed by atoms with Gasteiger partial charge in [-0.05, 0) is 41.7 Å². The van der Waals surface area contributed by atoms with Crippen LogP contribution in [0.25, 0.3) is 11.3 Å². The predicted octanol–water partition coefficient (Wildman–Crippen LogP) is 4.84. The molecule has 0 saturated carbocycles. The second-order valence-electron chi connectivity index (χ2n) is 6.47. The number of aromatic nitrogens is 1. The van der Waals surface area contributed by atoms with Crippen LogP contribution < -0.4 is 4.74 Å². The Bertz CT molecular complexity index is 838. The monoisotopic (exact) mass is 337 g/mol. The molecule has 1 aromatic heterocycles. The van der Waals surface area contributed by atoms with Crippen molar-refractivity contribution >= 4 is 0 Å². The van der Waals surface area contributed by atoms with Crippen LogP contribution in [0.1, 0.15) is 42.2 Å². The van der Waals surface area contributed by atoms with Crippen molar-refractivity contribution in [3.05, 3.63) is 71.0 Å². The summed E-state index contributed by atoms with van der Waals surface area (Å²) in [7, 11) is 0. The van der Waals surface area contributed by atoms with Crippen LogP contribution >= 0.6 is 0 Å². The molecule has 1 heterocycles. The number of nitrogens with zero attached hydrogens (tertiary/aromatic N) is 1. The minimum atomic E-state index is -0.171. The van der Waals surface area contributed by atoms with Crippen molar-refractivity contribution in [2.45, 2.75) is 39.9 Å². The Balaban J connectivity index is 1.98. The first-order valence-corrected chi connectivity index (χ1v) is 8.46. The molecule has 3 aromatic rings. The van der Waals surface area contributed by atoms with Crippen molar-refractivity contribution in [1.82, 2.24) is 5.16 Å². The van der Waals surface area contributed by atoms with Gasteiger partial charge in [-0.25, -0.2) is 0 Å². The summed E-state index contributed by atoms with van der Waals surface area (Å²) in [5.74, 6) is 1.60. The Labute approximate surface area is 148 Å². The molecule has 0 aliphatic heterocycles. The van der Waals surface area contributed by atoms with Crippen molar-refractivity contribution in [3.63, 3.8) is 0 Å². The predicted molar refractivity (Wildman–Crippen MR) is 97.5 cm³/mol. The van der Waals surface area contributed by atoms with Crippen molar-refractivity contribution in [2.75, 3.05) is 0 Å². The van der Waals surface area contributed by atoms with Gasteiger partial charge in [0.15, 0.2) is 5.76 Å². The van der Waals surface area contributed by atoms with Gasteiger partial charge < -0.3 is 14.4 Å². The van der Waals surface area contributed by atoms with Crippen molar-refractivity contribution in [2.24, 2.45) is 0 Å². The smallest absolute Gasteiger partial charge is 0.162 e. The van der Waals surface area contributed by atoms with Crippen molar-refractivity contribution in [1.29, 1.82) is 0 Å². The molecule has 0 unspecified atom stereocenters. The molecule has 0 aliphatic rings. The highest BCUT2D eigenvalue weighted by Gasteiger charge is 2.16. The van der Waals surface area contributed by atoms with E-state index < -0.39 is 0 Å². The van der Waals surface area contributed by atoms with Gasteiger partial charge in [0, 0.05) is 11.6 Å². The molecule has 0 fully saturated rings. The molecule has 0 radical (unpaired) electrons. The fraction of sp³-hybridized carbons (Fsp3) is 0.286. The molecule has 4 nitrogen and oxygen atoms in total. The summed E-state index contributed by atoms with van der Waals surface area (Å²) in [6, 6.07) is 16.0. The Hall–Kier alpha value is -2.59. The first-order valence-electron chi connectivity index (χ1n) is 8.46. The van der Waals surface area contributed by atoms with Crippen LogP contribution in [0.5, 0.6) is 5.75 Å². The maximum atomic E-state index is 9.24. The summed E-state index contributed by atoms with van der Waals surface area (Å²) < 4.78 is 11.3. The molecule has 0 bridgehead atoms. The molecule has 25 heavy (non-hydrogen) atoms. The van der Waals surface area contributed by atoms with E-state index in [1.54, 1.807) is 6.07 Å². The van der Waals surface area contributed by atoms with Crippen LogP contribution in [0.3, 0.4) is 0 Å². The lowest BCUT2D eigenvalue weighted by atomic mass is 9.94. The number of benzene rings is 2. The third kappa shape index (κ3) is 3.91. The zero-order valence-corrected chi connectivity index (χ0v) is 14.8. The summed E-state index contributed by atoms with van der Waals surface area (Å²) >= 11 is 0. The first kappa shape index (κ1) is 17.2. The Morgan fingerprint density at radius 2 is 1.88 bits per heavy atom. The lowest BCUT2D eigenvalue weighted by Crippen LogP contribution is -2.00. The zero-order chi connectivity index (χ0) is 17.8. The Morgan fingerprint density at radius 3 is 2.52 bits per heavy atom. The van der Waals surface area contributed by atoms with Crippen LogP contribution in [-0.2, 0) is 13.2 Å². The summed E-state index contributed by atoms with van der Waals surface area (Å²) in [6.45, 7) is 6.74. The van der Waals surface area contributed by atoms with E-state index in [2.05, 4.69) is 38.1 Å². The van der Waals surface area contributed by atoms with E-state index in [-0.39, 0.29) is 6.61 Å². The van der Waals surface area contributed by atoms with Gasteiger partial charge in [0.05, 0.1) is 0 Å². The average molecular weight is 337 g/mol. The van der Waals surface area contributed by atoms with Crippen LogP contribution in [0.4, 0.5) is 0 Å². The van der Waals surface area contributed by atoms with Crippen LogP contribution in [0.15, 0.2) is 53.1 Å². The molecule has 0 amide bonds. The fourth-order valence-electron chi connectivity index (χ4n) is 2.89. The molecule has 0 saturated heterocycles. The van der Waals surface area contributed by atoms with E-state index in [0.717, 1.165) is 16.9 Å². The molecule has 0 atom stereocenters. The molecule has 0 aliphatic carbocycles. The maximum Gasteiger partial charge on any atom is 0.162 e. The van der Waals surface area contributed by atoms with Gasteiger partial charge in [0.1, 0.15) is 24.7 Å². The van der Waals surface area contributed by atoms with Gasteiger partial charge in [-0.1, -0.05) is 49.3 Å². The SMILES string of the molecule is Cc1cc(OCc2ccccc2)c(-c2cc(CO)on2)cc1C(C)C. The lowest BCUT2D eigenvalue weighted by molar-refractivity contribution is 0.229. The number of aryl methyl sites for hydroxylation is 1. The van der Waals surface area contributed by atoms with Crippen LogP contribution in [0.2, 0.25) is 0 Å². The van der Waals surface area contributed by atoms with Crippen molar-refractivity contribution in [3.8, 4) is 17.0 Å². The molecule has 2 aromatic carbocycles. The minimum absolute atomic E-state index is 0.171. The normalized spacial score (nSPS) is 11.1. The van der Waals surface area contributed by atoms with Crippen molar-refractivity contribution < 1.29 is 14.4 Å². The number of rotatable bonds is 6. The first-order chi connectivity index (χ1) is 12.1. The highest BCUT2D eigenvalue weighted by atomic mass is 16.5. The van der Waals surface area contributed by atoms with E-state index in [1.807, 2.05) is 30.3 Å². The molecule has 1 N–H and O–H groups in total. The summed E-state index contributed by atoms with van der Waals surface area (Å²) in [6.07, 6.45) is 0. The third-order valence-corrected chi connectivity index (χ3v) is 4.22. The highest BCUT2D eigenvalue weighted by Crippen LogP contribution is 2.35. The number of aliphatic hydroxyl groups excluding tert-OH is 1. The van der Waals surface area contributed by atoms with Gasteiger partial charge in [0.25, 0.3) is 0 Å². The van der Waals surface area contributed by atoms with Crippen LogP contribution in [0, 0.1) is 6.92 Å². The van der Waals surface area contributed by atoms with Crippen LogP contribution in [-0.4, -0.2) is 10.3 Å². The van der Waals surface area contributed by atoms with E-state index in [0.29, 0.717) is 24.0 Å². The fourth-order valence-corrected chi connectivity index (χ4v) is 2.89. The Morgan fingerprint density at radius 1 is 1.12 bits per heavy atom.